The monoisotopic (exact) mass is 1210 g/mol. The first-order valence-electron chi connectivity index (χ1n) is 28.8. The summed E-state index contributed by atoms with van der Waals surface area (Å²) in [5.41, 5.74) is 27.8. The van der Waals surface area contributed by atoms with Gasteiger partial charge in [0.15, 0.2) is 5.96 Å². The highest BCUT2D eigenvalue weighted by Gasteiger charge is 2.42. The molecule has 31 heteroatoms. The topological polar surface area (TPSA) is 499 Å². The third-order valence-electron chi connectivity index (χ3n) is 14.3. The van der Waals surface area contributed by atoms with Crippen LogP contribution in [0.4, 0.5) is 0 Å². The number of rotatable bonds is 34. The molecule has 0 unspecified atom stereocenters. The first-order valence-corrected chi connectivity index (χ1v) is 28.8. The van der Waals surface area contributed by atoms with Crippen LogP contribution in [-0.2, 0) is 68.7 Å². The number of nitrogens with two attached hydrogens (primary N) is 5. The molecule has 478 valence electrons. The van der Waals surface area contributed by atoms with Gasteiger partial charge in [0.05, 0.1) is 13.2 Å². The number of nitrogens with one attached hydrogen (secondary N) is 9. The quantitative estimate of drug-likeness (QED) is 0.0174. The van der Waals surface area contributed by atoms with Crippen molar-refractivity contribution in [3.63, 3.8) is 0 Å². The van der Waals surface area contributed by atoms with Gasteiger partial charge in [-0.1, -0.05) is 58.0 Å². The van der Waals surface area contributed by atoms with Crippen LogP contribution in [0.3, 0.4) is 0 Å². The van der Waals surface area contributed by atoms with E-state index in [2.05, 4.69) is 52.8 Å². The minimum atomic E-state index is -1.68. The number of hydrogen-bond acceptors (Lipinski definition) is 16. The Bertz CT molecular complexity index is 2600. The predicted octanol–water partition coefficient (Wildman–Crippen LogP) is -5.91. The van der Waals surface area contributed by atoms with Crippen molar-refractivity contribution in [1.82, 2.24) is 57.7 Å². The lowest BCUT2D eigenvalue weighted by atomic mass is 10.0. The molecule has 1 aromatic carbocycles. The second-order valence-corrected chi connectivity index (χ2v) is 22.2. The van der Waals surface area contributed by atoms with Crippen molar-refractivity contribution in [2.45, 2.75) is 179 Å². The normalized spacial score (nSPS) is 17.8. The van der Waals surface area contributed by atoms with Gasteiger partial charge < -0.3 is 91.4 Å². The molecule has 0 aliphatic carbocycles. The van der Waals surface area contributed by atoms with Gasteiger partial charge in [-0.15, -0.1) is 0 Å². The number of aliphatic imine (C=N–C) groups is 1. The highest BCUT2D eigenvalue weighted by atomic mass is 16.3. The van der Waals surface area contributed by atoms with Crippen molar-refractivity contribution in [1.29, 1.82) is 0 Å². The van der Waals surface area contributed by atoms with Gasteiger partial charge in [-0.05, 0) is 89.5 Å². The second-order valence-electron chi connectivity index (χ2n) is 22.2. The first-order chi connectivity index (χ1) is 40.5. The number of carbonyl (C=O) groups is 13. The molecule has 0 spiro atoms. The molecule has 2 aliphatic rings. The van der Waals surface area contributed by atoms with Crippen molar-refractivity contribution < 1.29 is 67.4 Å². The fraction of sp³-hybridized carbons (Fsp3) is 0.636. The van der Waals surface area contributed by atoms with Crippen molar-refractivity contribution in [3.8, 4) is 0 Å². The molecule has 31 nitrogen and oxygen atoms in total. The van der Waals surface area contributed by atoms with Crippen LogP contribution >= 0.6 is 0 Å². The molecule has 2 fully saturated rings. The summed E-state index contributed by atoms with van der Waals surface area (Å²) < 4.78 is 0. The Morgan fingerprint density at radius 3 is 1.59 bits per heavy atom. The lowest BCUT2D eigenvalue weighted by molar-refractivity contribution is -0.143. The van der Waals surface area contributed by atoms with Gasteiger partial charge in [-0.25, -0.2) is 0 Å². The molecule has 3 rings (SSSR count). The third kappa shape index (κ3) is 22.8. The van der Waals surface area contributed by atoms with Gasteiger partial charge in [-0.3, -0.25) is 67.3 Å². The van der Waals surface area contributed by atoms with E-state index < -0.39 is 162 Å². The number of aliphatic hydroxyl groups excluding tert-OH is 1. The lowest BCUT2D eigenvalue weighted by Crippen LogP contribution is -2.61. The standard InChI is InChI=1S/C55H89N17O14/c1-28(2)24-36(44(58)76)67-48(80)34(16-11-21-61-55(59)60)66-52(84)40-18-12-22-71(40)53(85)38(27-73)69-50(82)37(25-33-14-9-8-10-15-33)68-49(81)35(19-20-41(57)74)65-46(78)32(7)63-45(77)31(6)64-51(83)39-17-13-23-72(39)54(86)43(29(3)4)70-47(79)30(5)62-42(75)26-56/h8-10,14-15,28-32,34-40,43,73H,11-13,16-27,56H2,1-7H3,(H2,57,74)(H2,58,76)(H,62,75)(H,63,77)(H,64,83)(H,65,78)(H,66,84)(H,67,80)(H,68,81)(H,69,82)(H,70,79)(H4,59,60,61)/t30-,31-,32-,34-,35-,36-,37-,38-,39-,40-,43-/m0/s1. The largest absolute Gasteiger partial charge is 0.394 e. The van der Waals surface area contributed by atoms with Crippen LogP contribution in [0.15, 0.2) is 35.3 Å². The van der Waals surface area contributed by atoms with Crippen LogP contribution < -0.4 is 76.5 Å². The first kappa shape index (κ1) is 71.8. The number of primary amides is 2. The van der Waals surface area contributed by atoms with E-state index in [1.54, 1.807) is 44.2 Å². The van der Waals surface area contributed by atoms with Crippen LogP contribution in [0.1, 0.15) is 112 Å². The van der Waals surface area contributed by atoms with Gasteiger partial charge >= 0.3 is 0 Å². The van der Waals surface area contributed by atoms with Crippen LogP contribution in [0.5, 0.6) is 0 Å². The summed E-state index contributed by atoms with van der Waals surface area (Å²) in [4.78, 5) is 180. The molecule has 0 radical (unpaired) electrons. The number of carbonyl (C=O) groups excluding carboxylic acids is 13. The van der Waals surface area contributed by atoms with Gasteiger partial charge in [0, 0.05) is 32.5 Å². The Kier molecular flexibility index (Phi) is 29.3. The summed E-state index contributed by atoms with van der Waals surface area (Å²) >= 11 is 0. The fourth-order valence-corrected chi connectivity index (χ4v) is 9.59. The molecule has 11 atom stereocenters. The van der Waals surface area contributed by atoms with Gasteiger partial charge in [-0.2, -0.15) is 0 Å². The Hall–Kier alpha value is -8.48. The van der Waals surface area contributed by atoms with E-state index in [0.29, 0.717) is 18.4 Å². The molecule has 0 aromatic heterocycles. The van der Waals surface area contributed by atoms with E-state index in [1.807, 2.05) is 13.8 Å². The van der Waals surface area contributed by atoms with E-state index in [1.165, 1.54) is 25.7 Å². The number of benzene rings is 1. The number of likely N-dealkylation sites (tertiary alicyclic amines) is 2. The molecule has 2 saturated heterocycles. The number of guanidine groups is 1. The van der Waals surface area contributed by atoms with E-state index in [0.717, 1.165) is 4.90 Å². The predicted molar refractivity (Wildman–Crippen MR) is 312 cm³/mol. The fourth-order valence-electron chi connectivity index (χ4n) is 9.59. The Morgan fingerprint density at radius 1 is 0.570 bits per heavy atom. The number of amides is 13. The Morgan fingerprint density at radius 2 is 1.06 bits per heavy atom. The zero-order valence-corrected chi connectivity index (χ0v) is 50.0. The molecule has 0 saturated carbocycles. The third-order valence-corrected chi connectivity index (χ3v) is 14.3. The van der Waals surface area contributed by atoms with Gasteiger partial charge in [0.1, 0.15) is 66.5 Å². The maximum absolute atomic E-state index is 14.3. The minimum Gasteiger partial charge on any atom is -0.394 e. The maximum atomic E-state index is 14.3. The summed E-state index contributed by atoms with van der Waals surface area (Å²) in [6.45, 7) is 10.0. The van der Waals surface area contributed by atoms with E-state index in [-0.39, 0.29) is 83.0 Å². The number of aliphatic hydroxyl groups is 1. The molecule has 0 bridgehead atoms. The molecule has 20 N–H and O–H groups in total. The Labute approximate surface area is 499 Å². The van der Waals surface area contributed by atoms with Crippen molar-refractivity contribution in [2.24, 2.45) is 45.5 Å². The molecule has 2 aliphatic heterocycles. The van der Waals surface area contributed by atoms with Crippen LogP contribution in [0.25, 0.3) is 0 Å². The van der Waals surface area contributed by atoms with Crippen LogP contribution in [-0.4, -0.2) is 197 Å². The summed E-state index contributed by atoms with van der Waals surface area (Å²) in [6.07, 6.45) is 0.503. The summed E-state index contributed by atoms with van der Waals surface area (Å²) in [5, 5.41) is 33.4. The van der Waals surface area contributed by atoms with E-state index >= 15 is 0 Å². The highest BCUT2D eigenvalue weighted by molar-refractivity contribution is 5.99. The average molecular weight is 1210 g/mol. The van der Waals surface area contributed by atoms with Crippen molar-refractivity contribution in [2.75, 3.05) is 32.8 Å². The molecule has 1 aromatic rings. The Balaban J connectivity index is 1.76. The lowest BCUT2D eigenvalue weighted by Gasteiger charge is -2.31. The second kappa shape index (κ2) is 35.1. The summed E-state index contributed by atoms with van der Waals surface area (Å²) in [7, 11) is 0. The zero-order chi connectivity index (χ0) is 64.5. The smallest absolute Gasteiger partial charge is 0.248 e. The number of nitrogens with zero attached hydrogens (tertiary/aromatic N) is 3. The van der Waals surface area contributed by atoms with Crippen molar-refractivity contribution >= 4 is 82.8 Å². The number of hydrogen-bond donors (Lipinski definition) is 15. The van der Waals surface area contributed by atoms with Crippen LogP contribution in [0.2, 0.25) is 0 Å². The molecular weight excluding hydrogens is 1120 g/mol. The van der Waals surface area contributed by atoms with Crippen LogP contribution in [0, 0.1) is 11.8 Å². The minimum absolute atomic E-state index is 0.00554. The molecule has 86 heavy (non-hydrogen) atoms. The molecule has 2 heterocycles. The van der Waals surface area contributed by atoms with Gasteiger partial charge in [0.25, 0.3) is 0 Å². The van der Waals surface area contributed by atoms with Crippen molar-refractivity contribution in [3.05, 3.63) is 35.9 Å². The maximum Gasteiger partial charge on any atom is 0.248 e. The highest BCUT2D eigenvalue weighted by Crippen LogP contribution is 2.22. The molecule has 13 amide bonds. The SMILES string of the molecule is CC(C)C[C@H](NC(=O)[C@H](CCCN=C(N)N)NC(=O)[C@@H]1CCCN1C(=O)[C@H](CO)NC(=O)[C@H](Cc1ccccc1)NC(=O)[C@H](CCC(N)=O)NC(=O)[C@H](C)NC(=O)[C@H](C)NC(=O)[C@@H]1CCCN1C(=O)[C@@H](NC(=O)[C@H](C)NC(=O)CN)C(C)C)C(N)=O. The zero-order valence-electron chi connectivity index (χ0n) is 50.0. The molecular formula is C55H89N17O14. The summed E-state index contributed by atoms with van der Waals surface area (Å²) in [5.74, 6) is -10.9. The average Bonchev–Trinajstić information content (AvgIpc) is 2.44. The van der Waals surface area contributed by atoms with E-state index in [9.17, 15) is 67.4 Å². The summed E-state index contributed by atoms with van der Waals surface area (Å²) in [6, 6.07) is -5.71. The van der Waals surface area contributed by atoms with E-state index in [4.69, 9.17) is 28.7 Å². The van der Waals surface area contributed by atoms with Gasteiger partial charge in [0.2, 0.25) is 76.8 Å².